The van der Waals surface area contributed by atoms with Crippen LogP contribution in [0.2, 0.25) is 0 Å². The van der Waals surface area contributed by atoms with E-state index in [-0.39, 0.29) is 20.1 Å². The molecule has 0 aliphatic carbocycles. The zero-order valence-corrected chi connectivity index (χ0v) is 48.9. The predicted molar refractivity (Wildman–Crippen MR) is 339 cm³/mol. The molecule has 1 heterocycles. The third kappa shape index (κ3) is 9.31. The van der Waals surface area contributed by atoms with E-state index in [1.165, 1.54) is 171 Å². The quantitative estimate of drug-likeness (QED) is 0.120. The van der Waals surface area contributed by atoms with E-state index in [1.54, 1.807) is 0 Å². The normalized spacial score (nSPS) is 11.6. The summed E-state index contributed by atoms with van der Waals surface area (Å²) in [4.78, 5) is 0. The van der Waals surface area contributed by atoms with Crippen molar-refractivity contribution in [2.45, 2.75) is 125 Å². The molecule has 10 rings (SSSR count). The summed E-state index contributed by atoms with van der Waals surface area (Å²) in [6.45, 7) is 41.3. The second-order valence-corrected chi connectivity index (χ2v) is 23.7. The van der Waals surface area contributed by atoms with Crippen LogP contribution in [0.4, 0.5) is 0 Å². The molecule has 0 amide bonds. The molecule has 1 nitrogen and oxygen atoms in total. The monoisotopic (exact) mass is 988 g/mol. The van der Waals surface area contributed by atoms with Gasteiger partial charge in [-0.1, -0.05) is 259 Å². The van der Waals surface area contributed by atoms with Crippen molar-refractivity contribution in [2.24, 2.45) is 0 Å². The van der Waals surface area contributed by atoms with Crippen LogP contribution in [-0.4, -0.2) is 24.7 Å². The lowest BCUT2D eigenvalue weighted by molar-refractivity contribution is 1.18. The lowest BCUT2D eigenvalue weighted by Gasteiger charge is -2.25. The van der Waals surface area contributed by atoms with Crippen molar-refractivity contribution in [3.05, 3.63) is 234 Å². The van der Waals surface area contributed by atoms with Crippen LogP contribution in [0.25, 0.3) is 27.5 Å². The fourth-order valence-electron chi connectivity index (χ4n) is 14.8. The van der Waals surface area contributed by atoms with Crippen molar-refractivity contribution in [3.8, 4) is 5.69 Å². The molecule has 76 heavy (non-hydrogen) atoms. The summed E-state index contributed by atoms with van der Waals surface area (Å²) in [7, 11) is 0. The van der Waals surface area contributed by atoms with E-state index < -0.39 is 0 Å². The number of benzene rings is 9. The lowest BCUT2D eigenvalue weighted by Crippen LogP contribution is -2.56. The van der Waals surface area contributed by atoms with E-state index in [2.05, 4.69) is 263 Å². The highest BCUT2D eigenvalue weighted by Gasteiger charge is 2.33. The fourth-order valence-corrected chi connectivity index (χ4v) is 14.8. The molecule has 0 radical (unpaired) electrons. The number of aromatic nitrogens is 1. The molecule has 0 fully saturated rings. The number of hydrogen-bond donors (Lipinski definition) is 0. The van der Waals surface area contributed by atoms with Crippen LogP contribution in [0.3, 0.4) is 0 Å². The Morgan fingerprint density at radius 2 is 0.421 bits per heavy atom. The largest absolute Gasteiger partial charge is 0.309 e. The Balaban J connectivity index is 1.26. The van der Waals surface area contributed by atoms with Gasteiger partial charge in [-0.2, -0.15) is 0 Å². The maximum absolute atomic E-state index is 2.57. The van der Waals surface area contributed by atoms with Gasteiger partial charge < -0.3 is 4.57 Å². The number of aryl methyl sites for hydroxylation is 18. The van der Waals surface area contributed by atoms with Gasteiger partial charge in [0.15, 0.2) is 0 Å². The maximum Gasteiger partial charge on any atom is 0.242 e. The number of fused-ring (bicyclic) bond motifs is 3. The second-order valence-electron chi connectivity index (χ2n) is 23.7. The average Bonchev–Trinajstić information content (AvgIpc) is 3.75. The van der Waals surface area contributed by atoms with E-state index >= 15 is 0 Å². The molecule has 0 saturated carbocycles. The predicted octanol–water partition coefficient (Wildman–Crippen LogP) is 11.9. The SMILES string of the molecule is Cc1cc(C)c(B(c2ccc(-n3c4ccc(B(c5c(C)cc(C)cc5C)c5c(C)cc(C)cc5C)cc4c4cc(B(c5c(C)cc(C)cc5C)c5c(C)cc(C)cc5C)ccc43)cc2)c2c(C)cc(C)cc2C)c(C)c1. The summed E-state index contributed by atoms with van der Waals surface area (Å²) >= 11 is 0. The molecule has 0 atom stereocenters. The molecule has 0 saturated heterocycles. The van der Waals surface area contributed by atoms with Crippen molar-refractivity contribution in [3.63, 3.8) is 0 Å². The van der Waals surface area contributed by atoms with Crippen molar-refractivity contribution in [2.75, 3.05) is 0 Å². The Labute approximate surface area is 457 Å². The third-order valence-corrected chi connectivity index (χ3v) is 17.1. The molecular weight excluding hydrogens is 911 g/mol. The summed E-state index contributed by atoms with van der Waals surface area (Å²) in [5.74, 6) is 0. The van der Waals surface area contributed by atoms with Gasteiger partial charge >= 0.3 is 0 Å². The molecule has 0 aliphatic heterocycles. The van der Waals surface area contributed by atoms with Gasteiger partial charge in [0.25, 0.3) is 0 Å². The minimum absolute atomic E-state index is 0.0502. The van der Waals surface area contributed by atoms with Crippen molar-refractivity contribution < 1.29 is 0 Å². The fraction of sp³-hybridized carbons (Fsp3) is 0.250. The smallest absolute Gasteiger partial charge is 0.242 e. The van der Waals surface area contributed by atoms with Crippen LogP contribution in [-0.2, 0) is 0 Å². The van der Waals surface area contributed by atoms with E-state index in [1.807, 2.05) is 0 Å². The van der Waals surface area contributed by atoms with Gasteiger partial charge in [0.05, 0.1) is 11.0 Å². The average molecular weight is 988 g/mol. The van der Waals surface area contributed by atoms with Gasteiger partial charge in [-0.05, 0) is 149 Å². The standard InChI is InChI=1S/C72H76B3N/c1-41-27-47(7)67(48(8)28-41)73(68-49(9)29-42(2)30-50(68)10)59-19-23-62(24-20-59)76-65-25-21-60(74(69-51(11)31-43(3)32-52(69)12)70-53(13)33-44(4)34-54(70)14)39-63(65)64-40-61(22-26-66(64)76)75(71-55(15)35-45(5)36-56(71)16)72-57(17)37-46(6)38-58(72)18/h19-40H,1-18H3. The van der Waals surface area contributed by atoms with Gasteiger partial charge in [0.2, 0.25) is 20.1 Å². The Hall–Kier alpha value is -7.03. The van der Waals surface area contributed by atoms with Crippen LogP contribution < -0.4 is 49.2 Å². The first kappa shape index (κ1) is 52.4. The van der Waals surface area contributed by atoms with Crippen molar-refractivity contribution in [1.29, 1.82) is 0 Å². The van der Waals surface area contributed by atoms with Crippen LogP contribution in [0, 0.1) is 125 Å². The van der Waals surface area contributed by atoms with Crippen LogP contribution in [0.5, 0.6) is 0 Å². The van der Waals surface area contributed by atoms with Crippen LogP contribution in [0.1, 0.15) is 100 Å². The molecular formula is C72H76B3N. The number of nitrogens with zero attached hydrogens (tertiary/aromatic N) is 1. The maximum atomic E-state index is 2.57. The Kier molecular flexibility index (Phi) is 13.9. The van der Waals surface area contributed by atoms with Gasteiger partial charge in [-0.3, -0.25) is 0 Å². The second kappa shape index (κ2) is 20.2. The van der Waals surface area contributed by atoms with Gasteiger partial charge in [-0.15, -0.1) is 0 Å². The summed E-state index contributed by atoms with van der Waals surface area (Å²) in [5, 5.41) is 2.55. The minimum Gasteiger partial charge on any atom is -0.309 e. The molecule has 0 aliphatic rings. The Morgan fingerprint density at radius 1 is 0.224 bits per heavy atom. The zero-order valence-electron chi connectivity index (χ0n) is 48.9. The molecule has 9 aromatic carbocycles. The Morgan fingerprint density at radius 3 is 0.645 bits per heavy atom. The highest BCUT2D eigenvalue weighted by Crippen LogP contribution is 2.32. The zero-order chi connectivity index (χ0) is 54.3. The van der Waals surface area contributed by atoms with Crippen LogP contribution >= 0.6 is 0 Å². The summed E-state index contributed by atoms with van der Waals surface area (Å²) in [5.41, 5.74) is 39.9. The van der Waals surface area contributed by atoms with Crippen molar-refractivity contribution >= 4 is 91.1 Å². The molecule has 0 unspecified atom stereocenters. The topological polar surface area (TPSA) is 4.93 Å². The number of rotatable bonds is 10. The van der Waals surface area contributed by atoms with Gasteiger partial charge in [0.1, 0.15) is 0 Å². The van der Waals surface area contributed by atoms with E-state index in [0.29, 0.717) is 0 Å². The van der Waals surface area contributed by atoms with E-state index in [4.69, 9.17) is 0 Å². The third-order valence-electron chi connectivity index (χ3n) is 17.1. The molecule has 0 spiro atoms. The minimum atomic E-state index is 0.0502. The summed E-state index contributed by atoms with van der Waals surface area (Å²) in [6.07, 6.45) is 0. The van der Waals surface area contributed by atoms with E-state index in [0.717, 1.165) is 5.69 Å². The highest BCUT2D eigenvalue weighted by molar-refractivity contribution is 6.98. The molecule has 0 bridgehead atoms. The van der Waals surface area contributed by atoms with E-state index in [9.17, 15) is 0 Å². The Bertz CT molecular complexity index is 3490. The molecule has 0 N–H and O–H groups in total. The molecule has 4 heteroatoms. The first-order chi connectivity index (χ1) is 36.1. The first-order valence-corrected chi connectivity index (χ1v) is 27.7. The summed E-state index contributed by atoms with van der Waals surface area (Å²) in [6, 6.07) is 53.0. The number of hydrogen-bond acceptors (Lipinski definition) is 0. The van der Waals surface area contributed by atoms with Gasteiger partial charge in [-0.25, -0.2) is 0 Å². The first-order valence-electron chi connectivity index (χ1n) is 27.7. The van der Waals surface area contributed by atoms with Crippen molar-refractivity contribution in [1.82, 2.24) is 4.57 Å². The van der Waals surface area contributed by atoms with Crippen LogP contribution in [0.15, 0.2) is 133 Å². The van der Waals surface area contributed by atoms with Gasteiger partial charge in [0, 0.05) is 16.5 Å². The highest BCUT2D eigenvalue weighted by atomic mass is 15.0. The molecule has 1 aromatic heterocycles. The molecule has 378 valence electrons. The molecule has 10 aromatic rings. The summed E-state index contributed by atoms with van der Waals surface area (Å²) < 4.78 is 2.54. The lowest BCUT2D eigenvalue weighted by atomic mass is 9.34.